The summed E-state index contributed by atoms with van der Waals surface area (Å²) in [5.41, 5.74) is 13.5. The average molecular weight is 1080 g/mol. The third-order valence-corrected chi connectivity index (χ3v) is 14.3. The lowest BCUT2D eigenvalue weighted by Gasteiger charge is -2.27. The molecule has 0 spiro atoms. The van der Waals surface area contributed by atoms with Crippen molar-refractivity contribution < 1.29 is 58.2 Å². The first-order chi connectivity index (χ1) is 37.2. The Morgan fingerprint density at radius 3 is 1.67 bits per heavy atom. The molecule has 2 aromatic carbocycles. The van der Waals surface area contributed by atoms with Crippen LogP contribution in [0, 0.1) is 35.5 Å². The van der Waals surface area contributed by atoms with E-state index in [0.29, 0.717) is 48.9 Å². The monoisotopic (exact) mass is 1080 g/mol. The molecule has 20 nitrogen and oxygen atoms in total. The fraction of sp³-hybridized carbons (Fsp3) is 0.569. The summed E-state index contributed by atoms with van der Waals surface area (Å²) >= 11 is 0. The molecule has 1 saturated heterocycles. The molecule has 78 heavy (non-hydrogen) atoms. The first-order valence-electron chi connectivity index (χ1n) is 27.3. The van der Waals surface area contributed by atoms with Gasteiger partial charge in [-0.25, -0.2) is 4.79 Å². The van der Waals surface area contributed by atoms with Gasteiger partial charge in [-0.05, 0) is 93.0 Å². The number of ketones is 4. The number of nitrogens with zero attached hydrogens (tertiary/aromatic N) is 1. The van der Waals surface area contributed by atoms with Crippen molar-refractivity contribution in [2.24, 2.45) is 52.0 Å². The number of hydrogen-bond acceptors (Lipinski definition) is 14. The predicted molar refractivity (Wildman–Crippen MR) is 293 cm³/mol. The van der Waals surface area contributed by atoms with Crippen molar-refractivity contribution in [2.45, 2.75) is 154 Å². The molecule has 5 amide bonds. The van der Waals surface area contributed by atoms with Gasteiger partial charge in [0.15, 0.2) is 23.1 Å². The maximum absolute atomic E-state index is 14.7. The fourth-order valence-electron chi connectivity index (χ4n) is 9.78. The molecule has 426 valence electrons. The summed E-state index contributed by atoms with van der Waals surface area (Å²) in [6, 6.07) is 12.2. The number of aliphatic imine (C=N–C) groups is 1. The minimum atomic E-state index is -1.43. The molecule has 2 aromatic rings. The Kier molecular flexibility index (Phi) is 26.9. The van der Waals surface area contributed by atoms with Crippen molar-refractivity contribution in [2.75, 3.05) is 19.7 Å². The number of benzene rings is 2. The number of hydrogen-bond donors (Lipinski definition) is 9. The van der Waals surface area contributed by atoms with Crippen molar-refractivity contribution in [1.29, 1.82) is 0 Å². The molecule has 20 heteroatoms. The number of primary amides is 1. The quantitative estimate of drug-likeness (QED) is 0.0440. The minimum absolute atomic E-state index is 0.0216. The Balaban J connectivity index is 1.58. The number of aliphatic hydroxyl groups is 1. The highest BCUT2D eigenvalue weighted by atomic mass is 16.4. The molecule has 9 atom stereocenters. The molecule has 1 fully saturated rings. The highest BCUT2D eigenvalue weighted by Gasteiger charge is 2.37. The summed E-state index contributed by atoms with van der Waals surface area (Å²) < 4.78 is 0. The van der Waals surface area contributed by atoms with E-state index in [9.17, 15) is 58.2 Å². The van der Waals surface area contributed by atoms with E-state index in [-0.39, 0.29) is 68.7 Å². The summed E-state index contributed by atoms with van der Waals surface area (Å²) in [6.45, 7) is 7.41. The summed E-state index contributed by atoms with van der Waals surface area (Å²) in [7, 11) is 0. The number of rotatable bonds is 37. The van der Waals surface area contributed by atoms with Crippen molar-refractivity contribution in [3.05, 3.63) is 83.6 Å². The largest absolute Gasteiger partial charge is 0.480 e. The molecule has 2 aliphatic rings. The van der Waals surface area contributed by atoms with E-state index in [1.54, 1.807) is 80.7 Å². The molecule has 0 aromatic heterocycles. The number of unbranched alkanes of at least 4 members (excludes halogenated alkanes) is 1. The normalized spacial score (nSPS) is 17.1. The topological polar surface area (TPSA) is 336 Å². The van der Waals surface area contributed by atoms with E-state index in [4.69, 9.17) is 11.5 Å². The van der Waals surface area contributed by atoms with Gasteiger partial charge in [-0.3, -0.25) is 48.1 Å². The van der Waals surface area contributed by atoms with Crippen molar-refractivity contribution in [3.8, 4) is 0 Å². The summed E-state index contributed by atoms with van der Waals surface area (Å²) in [5, 5.41) is 34.1. The number of nitrogens with two attached hydrogens (primary N) is 2. The minimum Gasteiger partial charge on any atom is -0.480 e. The Morgan fingerprint density at radius 1 is 0.654 bits per heavy atom. The van der Waals surface area contributed by atoms with Gasteiger partial charge in [0.05, 0.1) is 43.1 Å². The second-order valence-electron chi connectivity index (χ2n) is 21.5. The van der Waals surface area contributed by atoms with Crippen LogP contribution in [0.25, 0.3) is 0 Å². The summed E-state index contributed by atoms with van der Waals surface area (Å²) in [5.74, 6) is -11.7. The molecule has 0 bridgehead atoms. The Bertz CT molecular complexity index is 2420. The van der Waals surface area contributed by atoms with E-state index < -0.39 is 133 Å². The smallest absolute Gasteiger partial charge is 0.326 e. The number of carboxylic acid groups (broad SMARTS) is 1. The second kappa shape index (κ2) is 32.8. The van der Waals surface area contributed by atoms with Crippen molar-refractivity contribution in [3.63, 3.8) is 0 Å². The van der Waals surface area contributed by atoms with Crippen LogP contribution in [0.4, 0.5) is 0 Å². The van der Waals surface area contributed by atoms with Gasteiger partial charge >= 0.3 is 5.97 Å². The molecule has 0 aliphatic carbocycles. The molecular weight excluding hydrogens is 1000 g/mol. The first kappa shape index (κ1) is 63.8. The van der Waals surface area contributed by atoms with Crippen molar-refractivity contribution >= 4 is 64.9 Å². The lowest BCUT2D eigenvalue weighted by Crippen LogP contribution is -2.50. The maximum atomic E-state index is 14.7. The second-order valence-corrected chi connectivity index (χ2v) is 21.5. The van der Waals surface area contributed by atoms with Gasteiger partial charge < -0.3 is 48.3 Å². The van der Waals surface area contributed by atoms with Gasteiger partial charge in [-0.15, -0.1) is 0 Å². The number of aliphatic carboxylic acids is 1. The molecule has 2 aliphatic heterocycles. The Morgan fingerprint density at radius 2 is 1.18 bits per heavy atom. The molecule has 11 N–H and O–H groups in total. The van der Waals surface area contributed by atoms with Crippen LogP contribution >= 0.6 is 0 Å². The number of carbonyl (C=O) groups is 10. The van der Waals surface area contributed by atoms with Gasteiger partial charge in [0.25, 0.3) is 0 Å². The standard InChI is InChI=1S/C58H82N8O12/c1-35(2)24-46(51(70)30-42(34-67)56(75)66-48(58(77)78)27-39-20-23-61-33-39)64-55(74)40(25-37-14-7-5-8-15-37)28-49(68)45(18-11-12-21-59)63-54(73)41(26-38-16-9-6-10-17-38)29-50(69)47(32-53(60)72)65-57(76)43(36(3)4)31-52(71)44-19-13-22-62-44/h5-10,14-17,23,33,35-36,40-48,62,67H,11-13,18-22,24-32,34,59H2,1-4H3,(H2,60,72)(H,63,73)(H,64,74)(H,65,76)(H,66,75)(H,77,78)/t40-,41-,42?,43+,44?,45?,46+,47+,48?/m1/s1. The number of amides is 5. The fourth-order valence-corrected chi connectivity index (χ4v) is 9.78. The SMILES string of the molecule is CC(C)C[C@H](NC(=O)[C@@H](CC(=O)C(CCCCN)NC(=O)[C@@H](CC(=O)[C@H](CC(N)=O)NC(=O)[C@@H](CC(=O)C1CCCN1)C(C)C)Cc1ccccc1)Cc1ccccc1)C(=O)CC(CO)C(=O)NC(CC1=CN=CC1)C(=O)O. The van der Waals surface area contributed by atoms with E-state index in [0.717, 1.165) is 6.42 Å². The molecule has 4 unspecified atom stereocenters. The van der Waals surface area contributed by atoms with Gasteiger partial charge in [-0.2, -0.15) is 0 Å². The molecular formula is C58H82N8O12. The van der Waals surface area contributed by atoms with Gasteiger partial charge in [-0.1, -0.05) is 88.4 Å². The summed E-state index contributed by atoms with van der Waals surface area (Å²) in [6.07, 6.45) is 4.13. The van der Waals surface area contributed by atoms with Crippen LogP contribution in [-0.2, 0) is 60.8 Å². The number of aliphatic hydroxyl groups excluding tert-OH is 1. The molecule has 2 heterocycles. The highest BCUT2D eigenvalue weighted by Crippen LogP contribution is 2.24. The van der Waals surface area contributed by atoms with Gasteiger partial charge in [0.2, 0.25) is 29.5 Å². The van der Waals surface area contributed by atoms with Crippen LogP contribution in [0.1, 0.15) is 122 Å². The zero-order chi connectivity index (χ0) is 57.3. The number of nitrogens with one attached hydrogen (secondary N) is 5. The Labute approximate surface area is 457 Å². The lowest BCUT2D eigenvalue weighted by atomic mass is 9.86. The van der Waals surface area contributed by atoms with Crippen LogP contribution in [0.5, 0.6) is 0 Å². The molecule has 0 saturated carbocycles. The maximum Gasteiger partial charge on any atom is 0.326 e. The van der Waals surface area contributed by atoms with Crippen LogP contribution in [-0.4, -0.2) is 125 Å². The first-order valence-corrected chi connectivity index (χ1v) is 27.3. The third kappa shape index (κ3) is 21.6. The van der Waals surface area contributed by atoms with Crippen LogP contribution < -0.4 is 38.1 Å². The van der Waals surface area contributed by atoms with Crippen LogP contribution in [0.2, 0.25) is 0 Å². The number of carboxylic acids is 1. The van der Waals surface area contributed by atoms with E-state index >= 15 is 0 Å². The number of carbonyl (C=O) groups excluding carboxylic acids is 9. The van der Waals surface area contributed by atoms with E-state index in [1.807, 2.05) is 13.8 Å². The highest BCUT2D eigenvalue weighted by molar-refractivity contribution is 5.99. The van der Waals surface area contributed by atoms with Crippen LogP contribution in [0.15, 0.2) is 77.4 Å². The summed E-state index contributed by atoms with van der Waals surface area (Å²) in [4.78, 5) is 141. The van der Waals surface area contributed by atoms with Gasteiger partial charge in [0.1, 0.15) is 6.04 Å². The average Bonchev–Trinajstić information content (AvgIpc) is 4.14. The zero-order valence-corrected chi connectivity index (χ0v) is 45.6. The van der Waals surface area contributed by atoms with E-state index in [1.165, 1.54) is 6.20 Å². The molecule has 4 rings (SSSR count). The molecule has 0 radical (unpaired) electrons. The van der Waals surface area contributed by atoms with E-state index in [2.05, 4.69) is 31.6 Å². The zero-order valence-electron chi connectivity index (χ0n) is 45.6. The number of Topliss-reactive ketones (excluding diaryl/α,β-unsaturated/α-hetero) is 4. The lowest BCUT2D eigenvalue weighted by molar-refractivity contribution is -0.143. The van der Waals surface area contributed by atoms with Crippen molar-refractivity contribution in [1.82, 2.24) is 26.6 Å². The third-order valence-electron chi connectivity index (χ3n) is 14.3. The van der Waals surface area contributed by atoms with Crippen LogP contribution in [0.3, 0.4) is 0 Å². The van der Waals surface area contributed by atoms with Gasteiger partial charge in [0, 0.05) is 68.7 Å². The predicted octanol–water partition coefficient (Wildman–Crippen LogP) is 3.00. The Hall–Kier alpha value is -6.77.